The zero-order chi connectivity index (χ0) is 39.3. The van der Waals surface area contributed by atoms with Crippen molar-refractivity contribution in [2.45, 2.75) is 0 Å². The smallest absolute Gasteiger partial charge is 0.160 e. The van der Waals surface area contributed by atoms with Crippen molar-refractivity contribution in [3.8, 4) is 67.4 Å². The van der Waals surface area contributed by atoms with Gasteiger partial charge in [0.05, 0.1) is 33.3 Å². The van der Waals surface area contributed by atoms with Crippen molar-refractivity contribution >= 4 is 54.5 Å². The molecule has 1 aliphatic carbocycles. The number of para-hydroxylation sites is 3. The summed E-state index contributed by atoms with van der Waals surface area (Å²) in [5, 5.41) is 6.05. The molecule has 12 aromatic rings. The lowest BCUT2D eigenvalue weighted by molar-refractivity contribution is 1.18. The van der Waals surface area contributed by atoms with Gasteiger partial charge < -0.3 is 9.13 Å². The number of benzene rings is 9. The number of hydrogen-bond acceptors (Lipinski definition) is 2. The molecule has 0 amide bonds. The Kier molecular flexibility index (Phi) is 6.98. The zero-order valence-electron chi connectivity index (χ0n) is 32.4. The summed E-state index contributed by atoms with van der Waals surface area (Å²) in [5.41, 5.74) is 18.3. The molecule has 0 spiro atoms. The van der Waals surface area contributed by atoms with Crippen LogP contribution in [0.1, 0.15) is 0 Å². The van der Waals surface area contributed by atoms with Crippen LogP contribution in [0, 0.1) is 0 Å². The summed E-state index contributed by atoms with van der Waals surface area (Å²) in [7, 11) is 0. The Balaban J connectivity index is 0.966. The van der Waals surface area contributed by atoms with Crippen molar-refractivity contribution in [3.63, 3.8) is 0 Å². The Hall–Kier alpha value is -8.08. The van der Waals surface area contributed by atoms with Crippen molar-refractivity contribution in [1.82, 2.24) is 19.1 Å². The molecule has 3 heterocycles. The van der Waals surface area contributed by atoms with Gasteiger partial charge in [0.15, 0.2) is 5.82 Å². The third-order valence-electron chi connectivity index (χ3n) is 12.4. The first-order valence-electron chi connectivity index (χ1n) is 20.5. The van der Waals surface area contributed by atoms with Gasteiger partial charge in [-0.1, -0.05) is 127 Å². The third-order valence-corrected chi connectivity index (χ3v) is 12.4. The Labute approximate surface area is 345 Å². The molecule has 0 N–H and O–H groups in total. The van der Waals surface area contributed by atoms with Gasteiger partial charge in [0.2, 0.25) is 0 Å². The van der Waals surface area contributed by atoms with E-state index in [-0.39, 0.29) is 0 Å². The molecule has 0 unspecified atom stereocenters. The summed E-state index contributed by atoms with van der Waals surface area (Å²) in [6.07, 6.45) is 0. The average molecular weight is 763 g/mol. The van der Waals surface area contributed by atoms with E-state index in [1.165, 1.54) is 71.4 Å². The maximum atomic E-state index is 5.22. The second kappa shape index (κ2) is 12.7. The molecule has 0 atom stereocenters. The lowest BCUT2D eigenvalue weighted by Gasteiger charge is -2.10. The lowest BCUT2D eigenvalue weighted by Crippen LogP contribution is -1.94. The fourth-order valence-corrected chi connectivity index (χ4v) is 9.74. The standard InChI is InChI=1S/C56H34N4/c1-3-15-40(16-4-1)59-50-24-10-9-20-43(50)46-32-37(26-28-51(46)59)38-27-30-53-48(34-38)47-33-36(25-29-52(47)60(53)41-17-5-2-6-18-41)35-13-11-14-39(31-35)56-57-49-23-12-22-44-42-19-7-8-21-45(42)55(58-56)54(44)49/h1-34H. The minimum absolute atomic E-state index is 0.739. The Morgan fingerprint density at radius 2 is 0.783 bits per heavy atom. The summed E-state index contributed by atoms with van der Waals surface area (Å²) in [4.78, 5) is 10.3. The first-order chi connectivity index (χ1) is 29.7. The van der Waals surface area contributed by atoms with Crippen molar-refractivity contribution < 1.29 is 0 Å². The molecule has 0 radical (unpaired) electrons. The molecular weight excluding hydrogens is 729 g/mol. The zero-order valence-corrected chi connectivity index (χ0v) is 32.4. The topological polar surface area (TPSA) is 35.6 Å². The van der Waals surface area contributed by atoms with Crippen LogP contribution < -0.4 is 0 Å². The minimum Gasteiger partial charge on any atom is -0.309 e. The molecule has 4 heteroatoms. The van der Waals surface area contributed by atoms with E-state index in [1.807, 2.05) is 0 Å². The summed E-state index contributed by atoms with van der Waals surface area (Å²) in [6, 6.07) is 74.5. The molecule has 278 valence electrons. The predicted molar refractivity (Wildman–Crippen MR) is 249 cm³/mol. The summed E-state index contributed by atoms with van der Waals surface area (Å²) in [5.74, 6) is 0.739. The highest BCUT2D eigenvalue weighted by molar-refractivity contribution is 6.15. The van der Waals surface area contributed by atoms with Gasteiger partial charge >= 0.3 is 0 Å². The van der Waals surface area contributed by atoms with Gasteiger partial charge in [0, 0.05) is 49.4 Å². The lowest BCUT2D eigenvalue weighted by atomic mass is 9.98. The quantitative estimate of drug-likeness (QED) is 0.175. The van der Waals surface area contributed by atoms with Gasteiger partial charge in [-0.2, -0.15) is 0 Å². The average Bonchev–Trinajstić information content (AvgIpc) is 3.95. The molecule has 4 nitrogen and oxygen atoms in total. The van der Waals surface area contributed by atoms with E-state index in [1.54, 1.807) is 0 Å². The molecule has 3 aromatic heterocycles. The van der Waals surface area contributed by atoms with Crippen molar-refractivity contribution in [2.75, 3.05) is 0 Å². The summed E-state index contributed by atoms with van der Waals surface area (Å²) in [6.45, 7) is 0. The fraction of sp³-hybridized carbons (Fsp3) is 0. The third kappa shape index (κ3) is 4.85. The Bertz CT molecular complexity index is 3710. The highest BCUT2D eigenvalue weighted by Gasteiger charge is 2.24. The largest absolute Gasteiger partial charge is 0.309 e. The monoisotopic (exact) mass is 762 g/mol. The molecular formula is C56H34N4. The summed E-state index contributed by atoms with van der Waals surface area (Å²) < 4.78 is 4.77. The molecule has 0 saturated carbocycles. The minimum atomic E-state index is 0.739. The van der Waals surface area contributed by atoms with E-state index in [4.69, 9.17) is 9.97 Å². The van der Waals surface area contributed by atoms with Gasteiger partial charge in [-0.3, -0.25) is 0 Å². The van der Waals surface area contributed by atoms with E-state index in [2.05, 4.69) is 215 Å². The van der Waals surface area contributed by atoms with Gasteiger partial charge in [-0.25, -0.2) is 9.97 Å². The number of nitrogens with zero attached hydrogens (tertiary/aromatic N) is 4. The first-order valence-corrected chi connectivity index (χ1v) is 20.5. The van der Waals surface area contributed by atoms with Crippen LogP contribution in [0.2, 0.25) is 0 Å². The van der Waals surface area contributed by atoms with Crippen molar-refractivity contribution in [1.29, 1.82) is 0 Å². The van der Waals surface area contributed by atoms with Crippen LogP contribution in [-0.2, 0) is 0 Å². The molecule has 9 aromatic carbocycles. The van der Waals surface area contributed by atoms with E-state index in [0.29, 0.717) is 0 Å². The van der Waals surface area contributed by atoms with E-state index in [0.717, 1.165) is 50.5 Å². The fourth-order valence-electron chi connectivity index (χ4n) is 9.74. The molecule has 13 rings (SSSR count). The SMILES string of the molecule is c1ccc(-n2c3ccccc3c3cc(-c4ccc5c(c4)c4cc(-c6cccc(-c7nc8c9c(cccc9n7)-c7ccccc7-8)c6)ccc4n5-c4ccccc4)ccc32)cc1. The highest BCUT2D eigenvalue weighted by atomic mass is 15.0. The summed E-state index contributed by atoms with van der Waals surface area (Å²) >= 11 is 0. The predicted octanol–water partition coefficient (Wildman–Crippen LogP) is 14.5. The Morgan fingerprint density at radius 1 is 0.300 bits per heavy atom. The number of aromatic nitrogens is 4. The maximum absolute atomic E-state index is 5.22. The molecule has 0 saturated heterocycles. The van der Waals surface area contributed by atoms with Gasteiger partial charge in [0.1, 0.15) is 0 Å². The van der Waals surface area contributed by atoms with E-state index < -0.39 is 0 Å². The molecule has 0 bridgehead atoms. The molecule has 60 heavy (non-hydrogen) atoms. The van der Waals surface area contributed by atoms with Gasteiger partial charge in [0.25, 0.3) is 0 Å². The van der Waals surface area contributed by atoms with Crippen LogP contribution >= 0.6 is 0 Å². The normalized spacial score (nSPS) is 12.0. The molecule has 0 fully saturated rings. The van der Waals surface area contributed by atoms with Crippen molar-refractivity contribution in [2.24, 2.45) is 0 Å². The highest BCUT2D eigenvalue weighted by Crippen LogP contribution is 2.46. The number of rotatable bonds is 5. The van der Waals surface area contributed by atoms with Gasteiger partial charge in [-0.05, 0) is 112 Å². The van der Waals surface area contributed by atoms with E-state index in [9.17, 15) is 0 Å². The van der Waals surface area contributed by atoms with Crippen LogP contribution in [-0.4, -0.2) is 19.1 Å². The number of hydrogen-bond donors (Lipinski definition) is 0. The van der Waals surface area contributed by atoms with Gasteiger partial charge in [-0.15, -0.1) is 0 Å². The maximum Gasteiger partial charge on any atom is 0.160 e. The second-order valence-electron chi connectivity index (χ2n) is 15.8. The van der Waals surface area contributed by atoms with Crippen LogP contribution in [0.15, 0.2) is 206 Å². The van der Waals surface area contributed by atoms with Crippen LogP contribution in [0.5, 0.6) is 0 Å². The second-order valence-corrected chi connectivity index (χ2v) is 15.8. The number of fused-ring (bicyclic) bond motifs is 9. The Morgan fingerprint density at radius 3 is 1.43 bits per heavy atom. The molecule has 0 aliphatic heterocycles. The van der Waals surface area contributed by atoms with Crippen LogP contribution in [0.4, 0.5) is 0 Å². The van der Waals surface area contributed by atoms with Crippen LogP contribution in [0.3, 0.4) is 0 Å². The van der Waals surface area contributed by atoms with Crippen LogP contribution in [0.25, 0.3) is 122 Å². The first kappa shape index (κ1) is 32.9. The molecule has 1 aliphatic rings. The van der Waals surface area contributed by atoms with E-state index >= 15 is 0 Å². The van der Waals surface area contributed by atoms with Crippen molar-refractivity contribution in [3.05, 3.63) is 206 Å².